The molecule has 0 aliphatic carbocycles. The third kappa shape index (κ3) is 4.68. The molecule has 1 unspecified atom stereocenters. The van der Waals surface area contributed by atoms with Gasteiger partial charge in [-0.1, -0.05) is 11.6 Å². The monoisotopic (exact) mass is 386 g/mol. The second-order valence-electron chi connectivity index (χ2n) is 6.08. The minimum atomic E-state index is -0.666. The van der Waals surface area contributed by atoms with Gasteiger partial charge in [-0.15, -0.1) is 0 Å². The Kier molecular flexibility index (Phi) is 5.81. The number of nitrogens with zero attached hydrogens (tertiary/aromatic N) is 1. The third-order valence-corrected chi connectivity index (χ3v) is 4.21. The van der Waals surface area contributed by atoms with E-state index in [1.54, 1.807) is 38.1 Å². The predicted octanol–water partition coefficient (Wildman–Crippen LogP) is 4.44. The van der Waals surface area contributed by atoms with E-state index < -0.39 is 6.10 Å². The Hall–Kier alpha value is -2.79. The average Bonchev–Trinajstić information content (AvgIpc) is 2.63. The molecule has 1 heterocycles. The predicted molar refractivity (Wildman–Crippen MR) is 103 cm³/mol. The second-order valence-corrected chi connectivity index (χ2v) is 6.51. The number of fused-ring (bicyclic) bond motifs is 1. The molecule has 27 heavy (non-hydrogen) atoms. The van der Waals surface area contributed by atoms with Crippen LogP contribution in [0, 0.1) is 0 Å². The number of carbonyl (C=O) groups excluding carboxylic acids is 1. The number of halogens is 1. The van der Waals surface area contributed by atoms with Gasteiger partial charge in [-0.2, -0.15) is 4.57 Å². The van der Waals surface area contributed by atoms with Crippen molar-refractivity contribution in [2.24, 2.45) is 7.05 Å². The zero-order valence-electron chi connectivity index (χ0n) is 15.4. The molecule has 0 N–H and O–H groups in total. The van der Waals surface area contributed by atoms with Crippen LogP contribution in [0.1, 0.15) is 13.8 Å². The summed E-state index contributed by atoms with van der Waals surface area (Å²) in [5, 5.41) is 1.67. The molecule has 0 aliphatic rings. The number of aryl methyl sites for hydroxylation is 1. The molecule has 5 nitrogen and oxygen atoms in total. The van der Waals surface area contributed by atoms with E-state index in [0.29, 0.717) is 28.9 Å². The number of hydrogen-bond donors (Lipinski definition) is 0. The van der Waals surface area contributed by atoms with Crippen molar-refractivity contribution in [1.29, 1.82) is 0 Å². The van der Waals surface area contributed by atoms with Crippen molar-refractivity contribution in [3.63, 3.8) is 0 Å². The van der Waals surface area contributed by atoms with Gasteiger partial charge in [0.15, 0.2) is 11.9 Å². The van der Waals surface area contributed by atoms with Crippen LogP contribution in [0.25, 0.3) is 10.9 Å². The number of ether oxygens (including phenoxy) is 3. The smallest absolute Gasteiger partial charge is 0.347 e. The molecule has 6 heteroatoms. The summed E-state index contributed by atoms with van der Waals surface area (Å²) in [6.45, 7) is 3.74. The lowest BCUT2D eigenvalue weighted by molar-refractivity contribution is -0.645. The first kappa shape index (κ1) is 19.0. The van der Waals surface area contributed by atoms with E-state index in [1.165, 1.54) is 0 Å². The Morgan fingerprint density at radius 1 is 1.07 bits per heavy atom. The van der Waals surface area contributed by atoms with Gasteiger partial charge in [-0.3, -0.25) is 0 Å². The van der Waals surface area contributed by atoms with E-state index in [4.69, 9.17) is 25.8 Å². The Morgan fingerprint density at radius 2 is 1.78 bits per heavy atom. The third-order valence-electron chi connectivity index (χ3n) is 3.98. The van der Waals surface area contributed by atoms with Gasteiger partial charge in [0, 0.05) is 17.2 Å². The maximum absolute atomic E-state index is 11.6. The van der Waals surface area contributed by atoms with Gasteiger partial charge >= 0.3 is 5.97 Å². The van der Waals surface area contributed by atoms with E-state index in [0.717, 1.165) is 10.9 Å². The summed E-state index contributed by atoms with van der Waals surface area (Å²) in [4.78, 5) is 11.6. The molecule has 2 aromatic carbocycles. The zero-order chi connectivity index (χ0) is 19.4. The highest BCUT2D eigenvalue weighted by Crippen LogP contribution is 2.26. The van der Waals surface area contributed by atoms with Crippen LogP contribution >= 0.6 is 11.6 Å². The standard InChI is InChI=1S/C21H21ClNO4/c1-4-25-21(24)14(2)26-17-6-8-18(9-7-17)27-19-12-15-11-16(22)5-10-20(15)23(3)13-19/h5-14H,4H2,1-3H3/q+1. The molecule has 0 amide bonds. The van der Waals surface area contributed by atoms with E-state index >= 15 is 0 Å². The van der Waals surface area contributed by atoms with E-state index in [9.17, 15) is 4.79 Å². The fraction of sp³-hybridized carbons (Fsp3) is 0.238. The fourth-order valence-corrected chi connectivity index (χ4v) is 2.88. The van der Waals surface area contributed by atoms with Crippen molar-refractivity contribution in [2.75, 3.05) is 6.61 Å². The Labute approximate surface area is 163 Å². The molecule has 0 radical (unpaired) electrons. The minimum Gasteiger partial charge on any atom is -0.479 e. The number of carbonyl (C=O) groups is 1. The van der Waals surface area contributed by atoms with Gasteiger partial charge in [0.2, 0.25) is 11.7 Å². The van der Waals surface area contributed by atoms with E-state index in [2.05, 4.69) is 0 Å². The summed E-state index contributed by atoms with van der Waals surface area (Å²) < 4.78 is 18.4. The molecule has 0 saturated heterocycles. The first-order valence-electron chi connectivity index (χ1n) is 8.66. The molecule has 0 saturated carbocycles. The number of aromatic nitrogens is 1. The molecule has 140 valence electrons. The van der Waals surface area contributed by atoms with Crippen LogP contribution in [0.3, 0.4) is 0 Å². The van der Waals surface area contributed by atoms with Gasteiger partial charge in [0.05, 0.1) is 12.0 Å². The second kappa shape index (κ2) is 8.27. The normalized spacial score (nSPS) is 11.9. The van der Waals surface area contributed by atoms with Crippen LogP contribution in [0.15, 0.2) is 54.7 Å². The average molecular weight is 387 g/mol. The van der Waals surface area contributed by atoms with E-state index in [1.807, 2.05) is 42.1 Å². The van der Waals surface area contributed by atoms with Gasteiger partial charge in [-0.25, -0.2) is 4.79 Å². The van der Waals surface area contributed by atoms with Crippen LogP contribution in [-0.2, 0) is 16.6 Å². The van der Waals surface area contributed by atoms with Crippen molar-refractivity contribution >= 4 is 28.5 Å². The first-order chi connectivity index (χ1) is 13.0. The summed E-state index contributed by atoms with van der Waals surface area (Å²) in [7, 11) is 1.96. The van der Waals surface area contributed by atoms with E-state index in [-0.39, 0.29) is 5.97 Å². The van der Waals surface area contributed by atoms with Crippen LogP contribution in [0.4, 0.5) is 0 Å². The summed E-state index contributed by atoms with van der Waals surface area (Å²) in [5.41, 5.74) is 1.06. The minimum absolute atomic E-state index is 0.327. The van der Waals surface area contributed by atoms with Crippen molar-refractivity contribution in [1.82, 2.24) is 0 Å². The summed E-state index contributed by atoms with van der Waals surface area (Å²) in [5.74, 6) is 1.53. The molecule has 0 spiro atoms. The van der Waals surface area contributed by atoms with Gasteiger partial charge in [-0.05, 0) is 50.2 Å². The number of hydrogen-bond acceptors (Lipinski definition) is 4. The molecule has 3 rings (SSSR count). The van der Waals surface area contributed by atoms with Gasteiger partial charge in [0.25, 0.3) is 0 Å². The quantitative estimate of drug-likeness (QED) is 0.464. The first-order valence-corrected chi connectivity index (χ1v) is 9.04. The molecule has 1 atom stereocenters. The van der Waals surface area contributed by atoms with Crippen molar-refractivity contribution in [3.05, 3.63) is 59.8 Å². The highest BCUT2D eigenvalue weighted by atomic mass is 35.5. The topological polar surface area (TPSA) is 48.6 Å². The van der Waals surface area contributed by atoms with Gasteiger partial charge < -0.3 is 14.2 Å². The van der Waals surface area contributed by atoms with Crippen molar-refractivity contribution in [2.45, 2.75) is 20.0 Å². The lowest BCUT2D eigenvalue weighted by Gasteiger charge is -2.13. The molecule has 0 fully saturated rings. The summed E-state index contributed by atoms with van der Waals surface area (Å²) >= 11 is 6.09. The number of rotatable bonds is 6. The number of esters is 1. The highest BCUT2D eigenvalue weighted by Gasteiger charge is 2.16. The zero-order valence-corrected chi connectivity index (χ0v) is 16.2. The fourth-order valence-electron chi connectivity index (χ4n) is 2.70. The number of benzene rings is 2. The lowest BCUT2D eigenvalue weighted by atomic mass is 10.2. The molecule has 0 aliphatic heterocycles. The van der Waals surface area contributed by atoms with Crippen LogP contribution in [0.5, 0.6) is 17.2 Å². The molecular weight excluding hydrogens is 366 g/mol. The largest absolute Gasteiger partial charge is 0.479 e. The molecule has 0 bridgehead atoms. The Bertz CT molecular complexity index is 956. The SMILES string of the molecule is CCOC(=O)C(C)Oc1ccc(Oc2cc3cc(Cl)ccc3[n+](C)c2)cc1. The summed E-state index contributed by atoms with van der Waals surface area (Å²) in [6.07, 6.45) is 1.24. The van der Waals surface area contributed by atoms with Crippen LogP contribution < -0.4 is 14.0 Å². The van der Waals surface area contributed by atoms with Crippen molar-refractivity contribution < 1.29 is 23.6 Å². The van der Waals surface area contributed by atoms with Gasteiger partial charge in [0.1, 0.15) is 18.5 Å². The van der Waals surface area contributed by atoms with Crippen LogP contribution in [-0.4, -0.2) is 18.7 Å². The maximum Gasteiger partial charge on any atom is 0.347 e. The lowest BCUT2D eigenvalue weighted by Crippen LogP contribution is -2.28. The Balaban J connectivity index is 1.73. The van der Waals surface area contributed by atoms with Crippen LogP contribution in [0.2, 0.25) is 5.02 Å². The molecule has 3 aromatic rings. The Morgan fingerprint density at radius 3 is 2.48 bits per heavy atom. The highest BCUT2D eigenvalue weighted by molar-refractivity contribution is 6.31. The summed E-state index contributed by atoms with van der Waals surface area (Å²) in [6, 6.07) is 14.8. The maximum atomic E-state index is 11.6. The molecule has 1 aromatic heterocycles. The molecular formula is C21H21ClNO4+. The van der Waals surface area contributed by atoms with Crippen molar-refractivity contribution in [3.8, 4) is 17.2 Å². The number of pyridine rings is 1.